The second-order valence-electron chi connectivity index (χ2n) is 12.2. The number of aromatic nitrogens is 2. The lowest BCUT2D eigenvalue weighted by molar-refractivity contribution is 1.19. The third kappa shape index (κ3) is 3.29. The quantitative estimate of drug-likeness (QED) is 0.144. The van der Waals surface area contributed by atoms with E-state index in [0.29, 0.717) is 0 Å². The number of benzene rings is 8. The first-order valence-corrected chi connectivity index (χ1v) is 15.6. The van der Waals surface area contributed by atoms with Crippen LogP contribution in [0.3, 0.4) is 0 Å². The van der Waals surface area contributed by atoms with E-state index in [1.807, 2.05) is 0 Å². The molecule has 10 rings (SSSR count). The maximum atomic E-state index is 2.52. The van der Waals surface area contributed by atoms with Crippen molar-refractivity contribution in [2.75, 3.05) is 0 Å². The first kappa shape index (κ1) is 24.6. The fourth-order valence-corrected chi connectivity index (χ4v) is 7.88. The van der Waals surface area contributed by atoms with E-state index < -0.39 is 0 Å². The Morgan fingerprint density at radius 3 is 1.24 bits per heavy atom. The zero-order chi connectivity index (χ0) is 29.6. The number of aryl methyl sites for hydroxylation is 1. The highest BCUT2D eigenvalue weighted by Gasteiger charge is 2.23. The van der Waals surface area contributed by atoms with Gasteiger partial charge in [0.25, 0.3) is 0 Å². The zero-order valence-corrected chi connectivity index (χ0v) is 24.8. The molecule has 0 radical (unpaired) electrons. The van der Waals surface area contributed by atoms with Gasteiger partial charge in [0, 0.05) is 43.1 Å². The third-order valence-corrected chi connectivity index (χ3v) is 9.71. The van der Waals surface area contributed by atoms with E-state index in [1.54, 1.807) is 0 Å². The minimum Gasteiger partial charge on any atom is -0.308 e. The smallest absolute Gasteiger partial charge is 0.0626 e. The van der Waals surface area contributed by atoms with Gasteiger partial charge in [-0.1, -0.05) is 133 Å². The number of rotatable bonds is 2. The maximum Gasteiger partial charge on any atom is 0.0626 e. The van der Waals surface area contributed by atoms with Crippen molar-refractivity contribution >= 4 is 75.9 Å². The molecule has 8 aromatic carbocycles. The topological polar surface area (TPSA) is 9.86 Å². The monoisotopic (exact) mass is 572 g/mol. The summed E-state index contributed by atoms with van der Waals surface area (Å²) in [6.07, 6.45) is 0. The maximum absolute atomic E-state index is 2.52. The molecule has 0 aliphatic carbocycles. The summed E-state index contributed by atoms with van der Waals surface area (Å²) in [4.78, 5) is 0. The van der Waals surface area contributed by atoms with Crippen LogP contribution in [-0.2, 0) is 0 Å². The molecule has 0 atom stereocenters. The van der Waals surface area contributed by atoms with Crippen molar-refractivity contribution in [3.63, 3.8) is 0 Å². The van der Waals surface area contributed by atoms with Crippen LogP contribution in [0.1, 0.15) is 5.56 Å². The van der Waals surface area contributed by atoms with Crippen LogP contribution in [0.4, 0.5) is 0 Å². The second kappa shape index (κ2) is 9.07. The predicted octanol–water partition coefficient (Wildman–Crippen LogP) is 11.6. The van der Waals surface area contributed by atoms with Gasteiger partial charge in [0.2, 0.25) is 0 Å². The summed E-state index contributed by atoms with van der Waals surface area (Å²) in [5, 5.41) is 12.6. The van der Waals surface area contributed by atoms with Gasteiger partial charge in [0.15, 0.2) is 0 Å². The molecule has 0 saturated carbocycles. The molecule has 0 aliphatic heterocycles. The molecule has 0 N–H and O–H groups in total. The summed E-state index contributed by atoms with van der Waals surface area (Å²) in [6.45, 7) is 2.18. The van der Waals surface area contributed by atoms with Crippen LogP contribution in [-0.4, -0.2) is 9.13 Å². The van der Waals surface area contributed by atoms with Crippen LogP contribution in [0.2, 0.25) is 0 Å². The van der Waals surface area contributed by atoms with Crippen molar-refractivity contribution in [3.05, 3.63) is 157 Å². The Kier molecular flexibility index (Phi) is 4.95. The van der Waals surface area contributed by atoms with Gasteiger partial charge >= 0.3 is 0 Å². The van der Waals surface area contributed by atoms with Crippen molar-refractivity contribution < 1.29 is 0 Å². The van der Waals surface area contributed by atoms with Crippen LogP contribution in [0.25, 0.3) is 87.3 Å². The zero-order valence-electron chi connectivity index (χ0n) is 24.8. The van der Waals surface area contributed by atoms with Gasteiger partial charge in [0.1, 0.15) is 0 Å². The molecule has 0 unspecified atom stereocenters. The average molecular weight is 573 g/mol. The molecule has 10 aromatic rings. The summed E-state index contributed by atoms with van der Waals surface area (Å²) < 4.78 is 5.02. The number of para-hydroxylation sites is 4. The Morgan fingerprint density at radius 1 is 0.333 bits per heavy atom. The lowest BCUT2D eigenvalue weighted by Gasteiger charge is -2.22. The molecule has 0 spiro atoms. The summed E-state index contributed by atoms with van der Waals surface area (Å²) >= 11 is 0. The Hall–Kier alpha value is -5.86. The highest BCUT2D eigenvalue weighted by atomic mass is 15.0. The van der Waals surface area contributed by atoms with E-state index in [-0.39, 0.29) is 0 Å². The summed E-state index contributed by atoms with van der Waals surface area (Å²) in [7, 11) is 0. The van der Waals surface area contributed by atoms with Crippen molar-refractivity contribution in [2.45, 2.75) is 6.92 Å². The van der Waals surface area contributed by atoms with E-state index in [9.17, 15) is 0 Å². The molecule has 210 valence electrons. The SMILES string of the molecule is Cc1ccc2c(ccc3c(-n4c5ccccc5c5ccccc54)c4ccccc4c(-n4c5ccccc5c5ccccc54)c32)c1. The molecule has 2 heterocycles. The van der Waals surface area contributed by atoms with Gasteiger partial charge in [-0.05, 0) is 42.0 Å². The molecule has 2 heteroatoms. The second-order valence-corrected chi connectivity index (χ2v) is 12.2. The van der Waals surface area contributed by atoms with Gasteiger partial charge in [-0.3, -0.25) is 0 Å². The fourth-order valence-electron chi connectivity index (χ4n) is 7.88. The lowest BCUT2D eigenvalue weighted by atomic mass is 9.93. The summed E-state index contributed by atoms with van der Waals surface area (Å²) in [6, 6.07) is 55.9. The standard InChI is InChI=1S/C43H28N2/c1-27-22-24-29-28(26-27)23-25-36-41(29)43(45-39-20-10-6-14-32(39)33-15-7-11-21-40(33)45)35-17-3-2-16-34(35)42(36)44-37-18-8-4-12-30(37)31-13-5-9-19-38(31)44/h2-26H,1H3. The highest BCUT2D eigenvalue weighted by Crippen LogP contribution is 2.46. The van der Waals surface area contributed by atoms with E-state index >= 15 is 0 Å². The van der Waals surface area contributed by atoms with Gasteiger partial charge in [-0.2, -0.15) is 0 Å². The molecule has 0 bridgehead atoms. The Morgan fingerprint density at radius 2 is 0.733 bits per heavy atom. The summed E-state index contributed by atoms with van der Waals surface area (Å²) in [5.41, 5.74) is 8.61. The molecular weight excluding hydrogens is 544 g/mol. The molecule has 2 nitrogen and oxygen atoms in total. The molecule has 0 amide bonds. The largest absolute Gasteiger partial charge is 0.308 e. The van der Waals surface area contributed by atoms with Crippen LogP contribution < -0.4 is 0 Å². The van der Waals surface area contributed by atoms with Crippen molar-refractivity contribution in [1.29, 1.82) is 0 Å². The molecular formula is C43H28N2. The van der Waals surface area contributed by atoms with Crippen molar-refractivity contribution in [3.8, 4) is 11.4 Å². The fraction of sp³-hybridized carbons (Fsp3) is 0.0233. The highest BCUT2D eigenvalue weighted by molar-refractivity contribution is 6.26. The van der Waals surface area contributed by atoms with Crippen LogP contribution in [0.5, 0.6) is 0 Å². The van der Waals surface area contributed by atoms with E-state index in [1.165, 1.54) is 92.9 Å². The first-order valence-electron chi connectivity index (χ1n) is 15.6. The van der Waals surface area contributed by atoms with E-state index in [2.05, 4.69) is 168 Å². The average Bonchev–Trinajstić information content (AvgIpc) is 3.60. The minimum atomic E-state index is 1.22. The van der Waals surface area contributed by atoms with Gasteiger partial charge < -0.3 is 9.13 Å². The molecule has 0 fully saturated rings. The lowest BCUT2D eigenvalue weighted by Crippen LogP contribution is -2.03. The molecule has 0 aliphatic rings. The van der Waals surface area contributed by atoms with Crippen LogP contribution in [0, 0.1) is 6.92 Å². The first-order chi connectivity index (χ1) is 22.3. The van der Waals surface area contributed by atoms with Gasteiger partial charge in [0.05, 0.1) is 33.4 Å². The van der Waals surface area contributed by atoms with Crippen molar-refractivity contribution in [1.82, 2.24) is 9.13 Å². The number of hydrogen-bond donors (Lipinski definition) is 0. The molecule has 0 saturated heterocycles. The number of nitrogens with zero attached hydrogens (tertiary/aromatic N) is 2. The minimum absolute atomic E-state index is 1.22. The van der Waals surface area contributed by atoms with Gasteiger partial charge in [-0.15, -0.1) is 0 Å². The van der Waals surface area contributed by atoms with Crippen LogP contribution >= 0.6 is 0 Å². The molecule has 2 aromatic heterocycles. The number of hydrogen-bond acceptors (Lipinski definition) is 0. The van der Waals surface area contributed by atoms with Crippen LogP contribution in [0.15, 0.2) is 152 Å². The normalized spacial score (nSPS) is 12.1. The van der Waals surface area contributed by atoms with Crippen molar-refractivity contribution in [2.24, 2.45) is 0 Å². The predicted molar refractivity (Wildman–Crippen MR) is 192 cm³/mol. The Labute approximate surface area is 260 Å². The number of fused-ring (bicyclic) bond motifs is 10. The Bertz CT molecular complexity index is 2720. The third-order valence-electron chi connectivity index (χ3n) is 9.71. The van der Waals surface area contributed by atoms with E-state index in [0.717, 1.165) is 0 Å². The van der Waals surface area contributed by atoms with E-state index in [4.69, 9.17) is 0 Å². The summed E-state index contributed by atoms with van der Waals surface area (Å²) in [5.74, 6) is 0. The van der Waals surface area contributed by atoms with Gasteiger partial charge in [-0.25, -0.2) is 0 Å². The Balaban J connectivity index is 1.52. The molecule has 45 heavy (non-hydrogen) atoms.